The summed E-state index contributed by atoms with van der Waals surface area (Å²) in [5.74, 6) is 0. The van der Waals surface area contributed by atoms with Crippen LogP contribution in [0, 0.1) is 0 Å². The first kappa shape index (κ1) is 34.2. The molecule has 0 bridgehead atoms. The van der Waals surface area contributed by atoms with Gasteiger partial charge in [-0.1, -0.05) is 164 Å². The van der Waals surface area contributed by atoms with E-state index in [1.165, 1.54) is 53.9 Å². The zero-order valence-corrected chi connectivity index (χ0v) is 33.7. The van der Waals surface area contributed by atoms with Gasteiger partial charge in [0.05, 0.1) is 33.0 Å². The molecule has 1 N–H and O–H groups in total. The van der Waals surface area contributed by atoms with Crippen molar-refractivity contribution >= 4 is 87.3 Å². The number of benzene rings is 9. The van der Waals surface area contributed by atoms with Crippen molar-refractivity contribution in [3.63, 3.8) is 0 Å². The lowest BCUT2D eigenvalue weighted by molar-refractivity contribution is 0.665. The lowest BCUT2D eigenvalue weighted by Crippen LogP contribution is -2.19. The first-order chi connectivity index (χ1) is 30.2. The molecule has 1 aliphatic heterocycles. The van der Waals surface area contributed by atoms with E-state index in [4.69, 9.17) is 9.41 Å². The fourth-order valence-electron chi connectivity index (χ4n) is 9.64. The molecule has 61 heavy (non-hydrogen) atoms. The van der Waals surface area contributed by atoms with Crippen LogP contribution in [0.5, 0.6) is 0 Å². The lowest BCUT2D eigenvalue weighted by atomic mass is 9.98. The molecule has 5 heteroatoms. The van der Waals surface area contributed by atoms with Gasteiger partial charge in [-0.15, -0.1) is 11.3 Å². The van der Waals surface area contributed by atoms with Gasteiger partial charge in [-0.2, -0.15) is 0 Å². The Hall–Kier alpha value is -7.73. The molecule has 4 heterocycles. The molecule has 12 aromatic rings. The number of thiophene rings is 1. The Balaban J connectivity index is 1.01. The summed E-state index contributed by atoms with van der Waals surface area (Å²) in [7, 11) is 0. The van der Waals surface area contributed by atoms with Crippen molar-refractivity contribution in [1.82, 2.24) is 4.57 Å². The first-order valence-corrected chi connectivity index (χ1v) is 21.5. The quantitative estimate of drug-likeness (QED) is 0.188. The van der Waals surface area contributed by atoms with E-state index in [2.05, 4.69) is 210 Å². The Labute approximate surface area is 355 Å². The highest BCUT2D eigenvalue weighted by Crippen LogP contribution is 2.46. The van der Waals surface area contributed by atoms with Gasteiger partial charge in [0.25, 0.3) is 0 Å². The molecular formula is C56H35N3OS. The Kier molecular flexibility index (Phi) is 7.50. The number of aromatic nitrogens is 1. The third kappa shape index (κ3) is 5.27. The van der Waals surface area contributed by atoms with Crippen LogP contribution in [0.25, 0.3) is 92.5 Å². The fraction of sp³-hybridized carbons (Fsp3) is 0.0179. The van der Waals surface area contributed by atoms with Crippen LogP contribution in [-0.4, -0.2) is 10.3 Å². The minimum absolute atomic E-state index is 0.349. The summed E-state index contributed by atoms with van der Waals surface area (Å²) in [5, 5.41) is 12.2. The second-order valence-corrected chi connectivity index (χ2v) is 16.9. The molecule has 0 amide bonds. The summed E-state index contributed by atoms with van der Waals surface area (Å²) in [5.41, 5.74) is 14.1. The van der Waals surface area contributed by atoms with Crippen molar-refractivity contribution in [2.45, 2.75) is 6.17 Å². The number of para-hydroxylation sites is 1. The van der Waals surface area contributed by atoms with Crippen LogP contribution < -0.4 is 5.32 Å². The summed E-state index contributed by atoms with van der Waals surface area (Å²) in [6.45, 7) is 0. The highest BCUT2D eigenvalue weighted by atomic mass is 32.1. The predicted octanol–water partition coefficient (Wildman–Crippen LogP) is 15.3. The van der Waals surface area contributed by atoms with E-state index in [0.29, 0.717) is 0 Å². The van der Waals surface area contributed by atoms with Crippen LogP contribution in [0.1, 0.15) is 22.2 Å². The SMILES string of the molecule is c1ccc(-c2ccc(C3=NC(c4cccc5oc6c(-n7c8ccc(-c9ccccc9)cc8c8c9ccccc9ccc87)cccc6c45)Nc4c3sc3ccccc43)cc2)cc1. The second kappa shape index (κ2) is 13.4. The molecule has 3 aromatic heterocycles. The zero-order chi connectivity index (χ0) is 40.0. The minimum Gasteiger partial charge on any atom is -0.454 e. The van der Waals surface area contributed by atoms with Crippen molar-refractivity contribution in [3.05, 3.63) is 216 Å². The van der Waals surface area contributed by atoms with Gasteiger partial charge in [-0.3, -0.25) is 4.99 Å². The molecule has 0 aliphatic carbocycles. The monoisotopic (exact) mass is 797 g/mol. The highest BCUT2D eigenvalue weighted by molar-refractivity contribution is 7.22. The van der Waals surface area contributed by atoms with Gasteiger partial charge >= 0.3 is 0 Å². The van der Waals surface area contributed by atoms with Crippen LogP contribution in [0.3, 0.4) is 0 Å². The van der Waals surface area contributed by atoms with Crippen LogP contribution in [0.4, 0.5) is 5.69 Å². The smallest absolute Gasteiger partial charge is 0.159 e. The van der Waals surface area contributed by atoms with Gasteiger partial charge in [0.15, 0.2) is 5.58 Å². The van der Waals surface area contributed by atoms with Crippen LogP contribution in [-0.2, 0) is 0 Å². The molecule has 9 aromatic carbocycles. The first-order valence-electron chi connectivity index (χ1n) is 20.7. The predicted molar refractivity (Wildman–Crippen MR) is 257 cm³/mol. The van der Waals surface area contributed by atoms with Gasteiger partial charge in [0.2, 0.25) is 0 Å². The Morgan fingerprint density at radius 1 is 0.492 bits per heavy atom. The number of nitrogens with one attached hydrogen (secondary N) is 1. The van der Waals surface area contributed by atoms with Crippen LogP contribution >= 0.6 is 11.3 Å². The largest absolute Gasteiger partial charge is 0.454 e. The number of hydrogen-bond acceptors (Lipinski definition) is 4. The van der Waals surface area contributed by atoms with E-state index in [0.717, 1.165) is 66.1 Å². The second-order valence-electron chi connectivity index (χ2n) is 15.9. The number of aliphatic imine (C=N–C) groups is 1. The molecule has 0 spiro atoms. The molecular weight excluding hydrogens is 763 g/mol. The topological polar surface area (TPSA) is 42.5 Å². The summed E-state index contributed by atoms with van der Waals surface area (Å²) in [6, 6.07) is 71.8. The van der Waals surface area contributed by atoms with Gasteiger partial charge in [0, 0.05) is 42.8 Å². The molecule has 0 radical (unpaired) electrons. The molecule has 0 saturated carbocycles. The molecule has 13 rings (SSSR count). The summed E-state index contributed by atoms with van der Waals surface area (Å²) in [4.78, 5) is 6.74. The van der Waals surface area contributed by atoms with Crippen molar-refractivity contribution < 1.29 is 4.42 Å². The third-order valence-corrected chi connectivity index (χ3v) is 13.6. The van der Waals surface area contributed by atoms with Crippen LogP contribution in [0.2, 0.25) is 0 Å². The maximum Gasteiger partial charge on any atom is 0.159 e. The standard InChI is InChI=1S/C56H35N3OS/c1-3-13-34(14-4-1)36-25-27-38(28-26-36)52-55-53(41-19-9-10-24-49(41)61-55)58-56(57-52)43-21-12-23-48-51(43)42-20-11-22-47(54(42)60-48)59-45-31-30-39(35-15-5-2-6-16-35)33-44(45)50-40-18-8-7-17-37(40)29-32-46(50)59/h1-33,56,58H. The number of fused-ring (bicyclic) bond motifs is 11. The van der Waals surface area contributed by atoms with Crippen molar-refractivity contribution in [3.8, 4) is 27.9 Å². The molecule has 1 atom stereocenters. The number of anilines is 1. The highest BCUT2D eigenvalue weighted by Gasteiger charge is 2.29. The van der Waals surface area contributed by atoms with Crippen molar-refractivity contribution in [1.29, 1.82) is 0 Å². The van der Waals surface area contributed by atoms with Crippen LogP contribution in [0.15, 0.2) is 210 Å². The van der Waals surface area contributed by atoms with E-state index < -0.39 is 0 Å². The van der Waals surface area contributed by atoms with Gasteiger partial charge in [0.1, 0.15) is 11.7 Å². The van der Waals surface area contributed by atoms with E-state index in [1.54, 1.807) is 11.3 Å². The maximum absolute atomic E-state index is 7.01. The number of hydrogen-bond donors (Lipinski definition) is 1. The molecule has 0 saturated heterocycles. The zero-order valence-electron chi connectivity index (χ0n) is 32.8. The maximum atomic E-state index is 7.01. The summed E-state index contributed by atoms with van der Waals surface area (Å²) in [6.07, 6.45) is -0.349. The van der Waals surface area contributed by atoms with Gasteiger partial charge in [-0.25, -0.2) is 0 Å². The van der Waals surface area contributed by atoms with E-state index in [9.17, 15) is 0 Å². The number of furan rings is 1. The average Bonchev–Trinajstić information content (AvgIpc) is 4.01. The normalized spacial score (nSPS) is 14.0. The Morgan fingerprint density at radius 2 is 1.15 bits per heavy atom. The Morgan fingerprint density at radius 3 is 1.98 bits per heavy atom. The minimum atomic E-state index is -0.349. The average molecular weight is 798 g/mol. The van der Waals surface area contributed by atoms with Crippen molar-refractivity contribution in [2.75, 3.05) is 5.32 Å². The molecule has 4 nitrogen and oxygen atoms in total. The summed E-state index contributed by atoms with van der Waals surface area (Å²) < 4.78 is 10.6. The third-order valence-electron chi connectivity index (χ3n) is 12.4. The number of nitrogens with zero attached hydrogens (tertiary/aromatic N) is 2. The van der Waals surface area contributed by atoms with E-state index in [-0.39, 0.29) is 6.17 Å². The van der Waals surface area contributed by atoms with E-state index in [1.807, 2.05) is 0 Å². The van der Waals surface area contributed by atoms with Gasteiger partial charge in [-0.05, 0) is 69.4 Å². The molecule has 1 aliphatic rings. The molecule has 0 fully saturated rings. The summed E-state index contributed by atoms with van der Waals surface area (Å²) >= 11 is 1.80. The number of rotatable bonds is 5. The van der Waals surface area contributed by atoms with Crippen molar-refractivity contribution in [2.24, 2.45) is 4.99 Å². The fourth-order valence-corrected chi connectivity index (χ4v) is 10.8. The molecule has 286 valence electrons. The van der Waals surface area contributed by atoms with E-state index >= 15 is 0 Å². The Bertz CT molecular complexity index is 3730. The van der Waals surface area contributed by atoms with Gasteiger partial charge < -0.3 is 14.3 Å². The molecule has 1 unspecified atom stereocenters. The lowest BCUT2D eigenvalue weighted by Gasteiger charge is -2.25.